The van der Waals surface area contributed by atoms with Crippen LogP contribution in [-0.2, 0) is 21.4 Å². The van der Waals surface area contributed by atoms with Gasteiger partial charge in [0.15, 0.2) is 0 Å². The SMILES string of the molecule is COc1ccc(CN(C(=O)C2CCN(S(=O)(=O)c3ccc(F)c(Cl)c3)CC2)C2CC2)cc1. The van der Waals surface area contributed by atoms with Crippen molar-refractivity contribution >= 4 is 27.5 Å². The van der Waals surface area contributed by atoms with Crippen LogP contribution in [0, 0.1) is 11.7 Å². The molecule has 0 aromatic heterocycles. The van der Waals surface area contributed by atoms with Gasteiger partial charge in [0, 0.05) is 31.6 Å². The van der Waals surface area contributed by atoms with E-state index in [1.54, 1.807) is 7.11 Å². The zero-order chi connectivity index (χ0) is 22.9. The highest BCUT2D eigenvalue weighted by molar-refractivity contribution is 7.89. The molecule has 0 unspecified atom stereocenters. The molecule has 1 heterocycles. The summed E-state index contributed by atoms with van der Waals surface area (Å²) < 4.78 is 45.8. The monoisotopic (exact) mass is 480 g/mol. The maximum absolute atomic E-state index is 13.4. The molecule has 2 aromatic rings. The van der Waals surface area contributed by atoms with E-state index in [2.05, 4.69) is 0 Å². The predicted octanol–water partition coefficient (Wildman–Crippen LogP) is 4.08. The fourth-order valence-corrected chi connectivity index (χ4v) is 5.81. The summed E-state index contributed by atoms with van der Waals surface area (Å²) in [7, 11) is -2.17. The lowest BCUT2D eigenvalue weighted by Crippen LogP contribution is -2.44. The Kier molecular flexibility index (Phi) is 6.74. The zero-order valence-corrected chi connectivity index (χ0v) is 19.4. The molecule has 1 aliphatic carbocycles. The summed E-state index contributed by atoms with van der Waals surface area (Å²) in [5.41, 5.74) is 1.04. The molecule has 0 bridgehead atoms. The lowest BCUT2D eigenvalue weighted by molar-refractivity contribution is -0.138. The van der Waals surface area contributed by atoms with Gasteiger partial charge in [-0.1, -0.05) is 23.7 Å². The summed E-state index contributed by atoms with van der Waals surface area (Å²) in [5.74, 6) is -0.0108. The number of piperidine rings is 1. The van der Waals surface area contributed by atoms with Gasteiger partial charge in [-0.15, -0.1) is 0 Å². The summed E-state index contributed by atoms with van der Waals surface area (Å²) in [5, 5.41) is -0.227. The number of ether oxygens (including phenoxy) is 1. The number of rotatable bonds is 7. The molecule has 32 heavy (non-hydrogen) atoms. The maximum Gasteiger partial charge on any atom is 0.243 e. The van der Waals surface area contributed by atoms with Crippen LogP contribution in [0.4, 0.5) is 4.39 Å². The van der Waals surface area contributed by atoms with Crippen molar-refractivity contribution in [3.8, 4) is 5.75 Å². The summed E-state index contributed by atoms with van der Waals surface area (Å²) in [6, 6.07) is 11.4. The fourth-order valence-electron chi connectivity index (χ4n) is 4.06. The van der Waals surface area contributed by atoms with Crippen LogP contribution in [0.2, 0.25) is 5.02 Å². The maximum atomic E-state index is 13.4. The van der Waals surface area contributed by atoms with Crippen LogP contribution in [0.25, 0.3) is 0 Å². The smallest absolute Gasteiger partial charge is 0.243 e. The van der Waals surface area contributed by atoms with Crippen molar-refractivity contribution in [2.45, 2.75) is 43.2 Å². The minimum atomic E-state index is -3.78. The average molecular weight is 481 g/mol. The van der Waals surface area contributed by atoms with Crippen molar-refractivity contribution in [3.05, 3.63) is 58.9 Å². The number of sulfonamides is 1. The number of amides is 1. The largest absolute Gasteiger partial charge is 0.497 e. The first-order chi connectivity index (χ1) is 15.3. The number of benzene rings is 2. The van der Waals surface area contributed by atoms with Gasteiger partial charge in [0.2, 0.25) is 15.9 Å². The summed E-state index contributed by atoms with van der Waals surface area (Å²) in [6.45, 7) is 1.03. The molecule has 9 heteroatoms. The van der Waals surface area contributed by atoms with Crippen LogP contribution in [0.3, 0.4) is 0 Å². The Morgan fingerprint density at radius 2 is 1.78 bits per heavy atom. The molecule has 0 atom stereocenters. The highest BCUT2D eigenvalue weighted by Gasteiger charge is 2.38. The lowest BCUT2D eigenvalue weighted by Gasteiger charge is -2.34. The molecule has 1 saturated heterocycles. The Morgan fingerprint density at radius 1 is 1.12 bits per heavy atom. The molecular weight excluding hydrogens is 455 g/mol. The number of carbonyl (C=O) groups excluding carboxylic acids is 1. The van der Waals surface area contributed by atoms with E-state index in [-0.39, 0.29) is 40.9 Å². The van der Waals surface area contributed by atoms with Gasteiger partial charge in [-0.05, 0) is 61.6 Å². The highest BCUT2D eigenvalue weighted by atomic mass is 35.5. The Labute approximate surface area is 193 Å². The molecule has 1 amide bonds. The first-order valence-corrected chi connectivity index (χ1v) is 12.5. The summed E-state index contributed by atoms with van der Waals surface area (Å²) in [4.78, 5) is 15.2. The number of methoxy groups -OCH3 is 1. The van der Waals surface area contributed by atoms with Crippen molar-refractivity contribution in [1.82, 2.24) is 9.21 Å². The minimum absolute atomic E-state index is 0.0345. The van der Waals surface area contributed by atoms with E-state index in [0.717, 1.165) is 36.3 Å². The van der Waals surface area contributed by atoms with Gasteiger partial charge < -0.3 is 9.64 Å². The van der Waals surface area contributed by atoms with Crippen molar-refractivity contribution in [1.29, 1.82) is 0 Å². The second-order valence-electron chi connectivity index (χ2n) is 8.30. The van der Waals surface area contributed by atoms with E-state index in [4.69, 9.17) is 16.3 Å². The van der Waals surface area contributed by atoms with Gasteiger partial charge in [-0.25, -0.2) is 12.8 Å². The molecule has 0 radical (unpaired) electrons. The number of carbonyl (C=O) groups is 1. The van der Waals surface area contributed by atoms with E-state index in [9.17, 15) is 17.6 Å². The molecule has 0 N–H and O–H groups in total. The first kappa shape index (κ1) is 23.0. The normalized spacial score (nSPS) is 17.8. The van der Waals surface area contributed by atoms with Gasteiger partial charge in [0.1, 0.15) is 11.6 Å². The van der Waals surface area contributed by atoms with Gasteiger partial charge in [0.25, 0.3) is 0 Å². The quantitative estimate of drug-likeness (QED) is 0.599. The Morgan fingerprint density at radius 3 is 2.34 bits per heavy atom. The second-order valence-corrected chi connectivity index (χ2v) is 10.6. The van der Waals surface area contributed by atoms with Crippen LogP contribution in [0.15, 0.2) is 47.4 Å². The van der Waals surface area contributed by atoms with E-state index < -0.39 is 15.8 Å². The molecule has 0 spiro atoms. The molecule has 1 saturated carbocycles. The van der Waals surface area contributed by atoms with Gasteiger partial charge in [0.05, 0.1) is 17.0 Å². The van der Waals surface area contributed by atoms with Crippen molar-refractivity contribution in [3.63, 3.8) is 0 Å². The van der Waals surface area contributed by atoms with Crippen LogP contribution >= 0.6 is 11.6 Å². The molecule has 2 aliphatic rings. The molecule has 172 valence electrons. The van der Waals surface area contributed by atoms with E-state index in [1.807, 2.05) is 29.2 Å². The third-order valence-electron chi connectivity index (χ3n) is 6.11. The summed E-state index contributed by atoms with van der Waals surface area (Å²) in [6.07, 6.45) is 2.92. The molecule has 2 fully saturated rings. The van der Waals surface area contributed by atoms with Crippen LogP contribution in [0.5, 0.6) is 5.75 Å². The third-order valence-corrected chi connectivity index (χ3v) is 8.30. The van der Waals surface area contributed by atoms with Crippen molar-refractivity contribution in [2.75, 3.05) is 20.2 Å². The van der Waals surface area contributed by atoms with Crippen molar-refractivity contribution < 1.29 is 22.3 Å². The zero-order valence-electron chi connectivity index (χ0n) is 17.8. The average Bonchev–Trinajstić information content (AvgIpc) is 3.64. The van der Waals surface area contributed by atoms with Crippen LogP contribution in [-0.4, -0.2) is 49.8 Å². The molecular formula is C23H26ClFN2O4S. The van der Waals surface area contributed by atoms with Crippen molar-refractivity contribution in [2.24, 2.45) is 5.92 Å². The van der Waals surface area contributed by atoms with Gasteiger partial charge >= 0.3 is 0 Å². The second kappa shape index (κ2) is 9.37. The Bertz CT molecular complexity index is 1080. The standard InChI is InChI=1S/C23H26ClFN2O4S/c1-31-19-6-2-16(3-7-19)15-27(18-4-5-18)23(28)17-10-12-26(13-11-17)32(29,30)20-8-9-22(25)21(24)14-20/h2-3,6-9,14,17-18H,4-5,10-13,15H2,1H3. The lowest BCUT2D eigenvalue weighted by atomic mass is 9.96. The van der Waals surface area contributed by atoms with Gasteiger partial charge in [-0.2, -0.15) is 4.31 Å². The van der Waals surface area contributed by atoms with E-state index in [0.29, 0.717) is 19.4 Å². The molecule has 1 aliphatic heterocycles. The van der Waals surface area contributed by atoms with Crippen LogP contribution in [0.1, 0.15) is 31.2 Å². The predicted molar refractivity (Wildman–Crippen MR) is 119 cm³/mol. The number of halogens is 2. The van der Waals surface area contributed by atoms with E-state index >= 15 is 0 Å². The minimum Gasteiger partial charge on any atom is -0.497 e. The molecule has 2 aromatic carbocycles. The third kappa shape index (κ3) is 4.92. The summed E-state index contributed by atoms with van der Waals surface area (Å²) >= 11 is 5.76. The fraction of sp³-hybridized carbons (Fsp3) is 0.435. The Hall–Kier alpha value is -2.16. The van der Waals surface area contributed by atoms with Gasteiger partial charge in [-0.3, -0.25) is 4.79 Å². The first-order valence-electron chi connectivity index (χ1n) is 10.7. The number of hydrogen-bond acceptors (Lipinski definition) is 4. The number of nitrogens with zero attached hydrogens (tertiary/aromatic N) is 2. The topological polar surface area (TPSA) is 66.9 Å². The highest BCUT2D eigenvalue weighted by Crippen LogP contribution is 2.33. The van der Waals surface area contributed by atoms with Crippen LogP contribution < -0.4 is 4.74 Å². The number of hydrogen-bond donors (Lipinski definition) is 0. The van der Waals surface area contributed by atoms with E-state index in [1.165, 1.54) is 10.4 Å². The Balaban J connectivity index is 1.40. The molecule has 6 nitrogen and oxygen atoms in total. The molecule has 4 rings (SSSR count).